The number of carbonyl (C=O) groups is 2. The van der Waals surface area contributed by atoms with Gasteiger partial charge < -0.3 is 19.6 Å². The van der Waals surface area contributed by atoms with Crippen molar-refractivity contribution >= 4 is 11.9 Å². The van der Waals surface area contributed by atoms with Crippen LogP contribution in [0.5, 0.6) is 0 Å². The molecule has 6 heteroatoms. The highest BCUT2D eigenvalue weighted by Gasteiger charge is 2.19. The van der Waals surface area contributed by atoms with Crippen LogP contribution in [0.4, 0.5) is 0 Å². The average Bonchev–Trinajstić information content (AvgIpc) is 2.93. The average molecular weight is 303 g/mol. The lowest BCUT2D eigenvalue weighted by Gasteiger charge is -2.16. The fourth-order valence-electron chi connectivity index (χ4n) is 2.01. The molecule has 0 radical (unpaired) electrons. The van der Waals surface area contributed by atoms with Gasteiger partial charge in [0.1, 0.15) is 17.6 Å². The van der Waals surface area contributed by atoms with E-state index in [1.807, 2.05) is 13.0 Å². The summed E-state index contributed by atoms with van der Waals surface area (Å²) in [4.78, 5) is 23.0. The smallest absolute Gasteiger partial charge is 0.335 e. The van der Waals surface area contributed by atoms with Crippen molar-refractivity contribution in [1.82, 2.24) is 5.32 Å². The van der Waals surface area contributed by atoms with E-state index < -0.39 is 12.0 Å². The number of aromatic carboxylic acids is 1. The number of carboxylic acid groups (broad SMARTS) is 1. The summed E-state index contributed by atoms with van der Waals surface area (Å²) in [5.74, 6) is -0.00524. The predicted molar refractivity (Wildman–Crippen MR) is 78.9 cm³/mol. The van der Waals surface area contributed by atoms with Crippen molar-refractivity contribution in [1.29, 1.82) is 0 Å². The topological polar surface area (TPSA) is 88.8 Å². The minimum absolute atomic E-state index is 0.131. The Morgan fingerprint density at radius 2 is 1.82 bits per heavy atom. The van der Waals surface area contributed by atoms with E-state index in [9.17, 15) is 9.59 Å². The molecule has 0 spiro atoms. The van der Waals surface area contributed by atoms with Crippen molar-refractivity contribution in [3.63, 3.8) is 0 Å². The van der Waals surface area contributed by atoms with Crippen LogP contribution < -0.4 is 5.32 Å². The molecule has 116 valence electrons. The zero-order chi connectivity index (χ0) is 16.1. The molecule has 1 unspecified atom stereocenters. The Morgan fingerprint density at radius 3 is 2.32 bits per heavy atom. The van der Waals surface area contributed by atoms with Crippen molar-refractivity contribution in [3.05, 3.63) is 59.0 Å². The highest BCUT2D eigenvalue weighted by Crippen LogP contribution is 2.17. The number of rotatable bonds is 6. The van der Waals surface area contributed by atoms with Gasteiger partial charge in [0, 0.05) is 12.7 Å². The first-order chi connectivity index (χ1) is 10.5. The first-order valence-corrected chi connectivity index (χ1v) is 6.70. The number of hydrogen-bond donors (Lipinski definition) is 2. The predicted octanol–water partition coefficient (Wildman–Crippen LogP) is 2.40. The lowest BCUT2D eigenvalue weighted by Crippen LogP contribution is -2.31. The molecule has 0 fully saturated rings. The summed E-state index contributed by atoms with van der Waals surface area (Å²) in [6, 6.07) is 8.90. The van der Waals surface area contributed by atoms with Crippen molar-refractivity contribution in [3.8, 4) is 0 Å². The number of aryl methyl sites for hydroxylation is 1. The second-order valence-electron chi connectivity index (χ2n) is 4.81. The molecular weight excluding hydrogens is 286 g/mol. The third-order valence-electron chi connectivity index (χ3n) is 3.14. The Labute approximate surface area is 127 Å². The number of carbonyl (C=O) groups excluding carboxylic acids is 1. The number of methoxy groups -OCH3 is 1. The van der Waals surface area contributed by atoms with E-state index in [0.29, 0.717) is 11.3 Å². The van der Waals surface area contributed by atoms with Crippen LogP contribution in [0.15, 0.2) is 40.8 Å². The molecule has 0 aliphatic heterocycles. The summed E-state index contributed by atoms with van der Waals surface area (Å²) in [5.41, 5.74) is 0.501. The molecule has 0 aliphatic carbocycles. The van der Waals surface area contributed by atoms with Crippen molar-refractivity contribution < 1.29 is 23.8 Å². The van der Waals surface area contributed by atoms with Gasteiger partial charge in [0.15, 0.2) is 0 Å². The maximum atomic E-state index is 12.2. The quantitative estimate of drug-likeness (QED) is 0.855. The van der Waals surface area contributed by atoms with Crippen LogP contribution in [0.1, 0.15) is 38.3 Å². The van der Waals surface area contributed by atoms with Gasteiger partial charge >= 0.3 is 5.97 Å². The first kappa shape index (κ1) is 15.8. The third kappa shape index (κ3) is 3.73. The van der Waals surface area contributed by atoms with Crippen molar-refractivity contribution in [2.45, 2.75) is 13.0 Å². The second-order valence-corrected chi connectivity index (χ2v) is 4.81. The van der Waals surface area contributed by atoms with Gasteiger partial charge in [0.05, 0.1) is 12.2 Å². The van der Waals surface area contributed by atoms with E-state index in [4.69, 9.17) is 14.3 Å². The van der Waals surface area contributed by atoms with Gasteiger partial charge in [-0.3, -0.25) is 4.79 Å². The Hall–Kier alpha value is -2.60. The van der Waals surface area contributed by atoms with E-state index in [0.717, 1.165) is 5.76 Å². The summed E-state index contributed by atoms with van der Waals surface area (Å²) >= 11 is 0. The molecule has 0 saturated heterocycles. The van der Waals surface area contributed by atoms with Crippen LogP contribution in [0, 0.1) is 6.92 Å². The maximum Gasteiger partial charge on any atom is 0.335 e. The van der Waals surface area contributed by atoms with Crippen LogP contribution in [-0.2, 0) is 4.74 Å². The summed E-state index contributed by atoms with van der Waals surface area (Å²) < 4.78 is 10.6. The Morgan fingerprint density at radius 1 is 1.18 bits per heavy atom. The molecule has 0 saturated carbocycles. The van der Waals surface area contributed by atoms with E-state index in [1.54, 1.807) is 6.07 Å². The van der Waals surface area contributed by atoms with Crippen LogP contribution >= 0.6 is 0 Å². The number of amides is 1. The van der Waals surface area contributed by atoms with Gasteiger partial charge in [-0.25, -0.2) is 4.79 Å². The Kier molecular flexibility index (Phi) is 4.95. The normalized spacial score (nSPS) is 11.9. The molecule has 2 aromatic rings. The van der Waals surface area contributed by atoms with Crippen LogP contribution in [0.3, 0.4) is 0 Å². The number of ether oxygens (including phenoxy) is 1. The number of furan rings is 1. The molecule has 2 rings (SSSR count). The lowest BCUT2D eigenvalue weighted by atomic mass is 10.1. The third-order valence-corrected chi connectivity index (χ3v) is 3.14. The Bertz CT molecular complexity index is 659. The summed E-state index contributed by atoms with van der Waals surface area (Å²) in [6.07, 6.45) is 0. The molecule has 1 amide bonds. The van der Waals surface area contributed by atoms with Crippen molar-refractivity contribution in [2.24, 2.45) is 0 Å². The number of benzene rings is 1. The highest BCUT2D eigenvalue weighted by molar-refractivity contribution is 5.96. The first-order valence-electron chi connectivity index (χ1n) is 6.70. The zero-order valence-electron chi connectivity index (χ0n) is 12.3. The maximum absolute atomic E-state index is 12.2. The van der Waals surface area contributed by atoms with Gasteiger partial charge in [-0.15, -0.1) is 0 Å². The fraction of sp³-hybridized carbons (Fsp3) is 0.250. The number of hydrogen-bond acceptors (Lipinski definition) is 4. The summed E-state index contributed by atoms with van der Waals surface area (Å²) in [5, 5.41) is 11.7. The molecule has 1 aromatic heterocycles. The number of carboxylic acids is 1. The van der Waals surface area contributed by atoms with Gasteiger partial charge in [-0.05, 0) is 43.3 Å². The fourth-order valence-corrected chi connectivity index (χ4v) is 2.01. The van der Waals surface area contributed by atoms with E-state index in [2.05, 4.69) is 5.32 Å². The van der Waals surface area contributed by atoms with E-state index in [1.165, 1.54) is 31.4 Å². The summed E-state index contributed by atoms with van der Waals surface area (Å²) in [7, 11) is 1.54. The number of nitrogens with one attached hydrogen (secondary N) is 1. The summed E-state index contributed by atoms with van der Waals surface area (Å²) in [6.45, 7) is 2.09. The minimum atomic E-state index is -1.03. The van der Waals surface area contributed by atoms with E-state index >= 15 is 0 Å². The monoisotopic (exact) mass is 303 g/mol. The minimum Gasteiger partial charge on any atom is -0.478 e. The standard InChI is InChI=1S/C16H17NO5/c1-10-3-8-14(22-10)13(9-21-2)17-15(18)11-4-6-12(7-5-11)16(19)20/h3-8,13H,9H2,1-2H3,(H,17,18)(H,19,20). The molecule has 1 heterocycles. The van der Waals surface area contributed by atoms with Crippen LogP contribution in [0.2, 0.25) is 0 Å². The highest BCUT2D eigenvalue weighted by atomic mass is 16.5. The van der Waals surface area contributed by atoms with Gasteiger partial charge in [0.25, 0.3) is 5.91 Å². The zero-order valence-corrected chi connectivity index (χ0v) is 12.3. The molecule has 6 nitrogen and oxygen atoms in total. The van der Waals surface area contributed by atoms with Crippen LogP contribution in [0.25, 0.3) is 0 Å². The van der Waals surface area contributed by atoms with E-state index in [-0.39, 0.29) is 18.1 Å². The van der Waals surface area contributed by atoms with Crippen molar-refractivity contribution in [2.75, 3.05) is 13.7 Å². The molecule has 22 heavy (non-hydrogen) atoms. The second kappa shape index (κ2) is 6.91. The molecule has 1 aromatic carbocycles. The lowest BCUT2D eigenvalue weighted by molar-refractivity contribution is 0.0696. The van der Waals surface area contributed by atoms with Crippen LogP contribution in [-0.4, -0.2) is 30.7 Å². The van der Waals surface area contributed by atoms with Gasteiger partial charge in [0.2, 0.25) is 0 Å². The largest absolute Gasteiger partial charge is 0.478 e. The molecule has 0 bridgehead atoms. The molecular formula is C16H17NO5. The molecule has 1 atom stereocenters. The SMILES string of the molecule is COCC(NC(=O)c1ccc(C(=O)O)cc1)c1ccc(C)o1. The van der Waals surface area contributed by atoms with Gasteiger partial charge in [-0.2, -0.15) is 0 Å². The molecule has 2 N–H and O–H groups in total. The van der Waals surface area contributed by atoms with Gasteiger partial charge in [-0.1, -0.05) is 0 Å². The molecule has 0 aliphatic rings. The Balaban J connectivity index is 2.12.